The Hall–Kier alpha value is -1.65. The molecule has 1 heterocycles. The molecule has 5 aliphatic rings. The summed E-state index contributed by atoms with van der Waals surface area (Å²) in [6.07, 6.45) is -1.93. The molecular formula is C27H38O9. The van der Waals surface area contributed by atoms with Crippen molar-refractivity contribution in [1.29, 1.82) is 0 Å². The van der Waals surface area contributed by atoms with Gasteiger partial charge in [-0.2, -0.15) is 0 Å². The number of rotatable bonds is 4. The molecular weight excluding hydrogens is 468 g/mol. The van der Waals surface area contributed by atoms with E-state index >= 15 is 0 Å². The number of ketones is 2. The molecule has 9 nitrogen and oxygen atoms in total. The van der Waals surface area contributed by atoms with E-state index in [1.54, 1.807) is 13.0 Å². The van der Waals surface area contributed by atoms with Crippen LogP contribution in [0.2, 0.25) is 0 Å². The standard InChI is InChI=1S/C27H38O9/c1-12(28)16-6-7-17-15-5-4-13-10-14(29)8-9-26(13,2)19(15)18(11-27(16,17)3)35-25-22(32)20(30)21(31)23(36-25)24(33)34/h10,15-23,25,30-32H,4-9,11H2,1-3H3,(H,33,34)/t15?,16-,17?,18?,19?,20+,21+,22-,23+,25-,26+,27-/m1/s1. The van der Waals surface area contributed by atoms with Crippen molar-refractivity contribution in [3.63, 3.8) is 0 Å². The Morgan fingerprint density at radius 1 is 1.06 bits per heavy atom. The second-order valence-corrected chi connectivity index (χ2v) is 12.2. The smallest absolute Gasteiger partial charge is 0.335 e. The van der Waals surface area contributed by atoms with Gasteiger partial charge in [-0.05, 0) is 80.1 Å². The van der Waals surface area contributed by atoms with Crippen molar-refractivity contribution in [3.05, 3.63) is 11.6 Å². The number of carboxylic acids is 1. The average Bonchev–Trinajstić information content (AvgIpc) is 3.16. The van der Waals surface area contributed by atoms with E-state index in [1.807, 2.05) is 0 Å². The summed E-state index contributed by atoms with van der Waals surface area (Å²) in [5.74, 6) is -0.737. The Bertz CT molecular complexity index is 976. The molecule has 5 rings (SSSR count). The number of Topliss-reactive ketones (excluding diaryl/α,β-unsaturated/α-hetero) is 1. The Morgan fingerprint density at radius 2 is 1.78 bits per heavy atom. The second kappa shape index (κ2) is 8.98. The maximum absolute atomic E-state index is 12.7. The molecule has 0 spiro atoms. The van der Waals surface area contributed by atoms with Crippen LogP contribution < -0.4 is 0 Å². The number of carbonyl (C=O) groups is 3. The number of carbonyl (C=O) groups excluding carboxylic acids is 2. The van der Waals surface area contributed by atoms with E-state index in [4.69, 9.17) is 9.47 Å². The minimum Gasteiger partial charge on any atom is -0.479 e. The van der Waals surface area contributed by atoms with Crippen LogP contribution in [0.15, 0.2) is 11.6 Å². The lowest BCUT2D eigenvalue weighted by atomic mass is 9.46. The molecule has 4 fully saturated rings. The lowest BCUT2D eigenvalue weighted by molar-refractivity contribution is -0.320. The van der Waals surface area contributed by atoms with Crippen molar-refractivity contribution in [2.75, 3.05) is 0 Å². The molecule has 1 saturated heterocycles. The van der Waals surface area contributed by atoms with E-state index < -0.39 is 42.8 Å². The molecule has 36 heavy (non-hydrogen) atoms. The first-order valence-corrected chi connectivity index (χ1v) is 13.2. The van der Waals surface area contributed by atoms with Crippen molar-refractivity contribution in [1.82, 2.24) is 0 Å². The first-order valence-electron chi connectivity index (χ1n) is 13.2. The van der Waals surface area contributed by atoms with E-state index in [0.29, 0.717) is 25.2 Å². The minimum absolute atomic E-state index is 0.0162. The summed E-state index contributed by atoms with van der Waals surface area (Å²) < 4.78 is 11.9. The first kappa shape index (κ1) is 26.0. The first-order chi connectivity index (χ1) is 16.9. The van der Waals surface area contributed by atoms with E-state index in [9.17, 15) is 34.8 Å². The molecule has 4 aliphatic carbocycles. The molecule has 9 heteroatoms. The highest BCUT2D eigenvalue weighted by Crippen LogP contribution is 2.67. The van der Waals surface area contributed by atoms with E-state index in [2.05, 4.69) is 13.8 Å². The fourth-order valence-electron chi connectivity index (χ4n) is 8.78. The van der Waals surface area contributed by atoms with Crippen LogP contribution >= 0.6 is 0 Å². The zero-order valence-electron chi connectivity index (χ0n) is 21.1. The van der Waals surface area contributed by atoms with Gasteiger partial charge in [0.15, 0.2) is 18.2 Å². The van der Waals surface area contributed by atoms with Gasteiger partial charge in [-0.25, -0.2) is 4.79 Å². The lowest BCUT2D eigenvalue weighted by Crippen LogP contribution is -2.63. The molecule has 3 saturated carbocycles. The summed E-state index contributed by atoms with van der Waals surface area (Å²) in [6.45, 7) is 5.97. The van der Waals surface area contributed by atoms with Crippen molar-refractivity contribution in [2.24, 2.45) is 34.5 Å². The monoisotopic (exact) mass is 506 g/mol. The minimum atomic E-state index is -1.79. The van der Waals surface area contributed by atoms with Gasteiger partial charge < -0.3 is 29.9 Å². The Labute approximate surface area is 210 Å². The van der Waals surface area contributed by atoms with Gasteiger partial charge in [0, 0.05) is 12.3 Å². The SMILES string of the molecule is CC(=O)[C@H]1CCC2C3CCC4=CC(=O)CC[C@]4(C)C3C(O[C@@H]3O[C@H](C(=O)O)[C@@H](O)[C@H](O)[C@H]3O)C[C@@]21C. The summed E-state index contributed by atoms with van der Waals surface area (Å²) in [4.78, 5) is 36.6. The van der Waals surface area contributed by atoms with Gasteiger partial charge >= 0.3 is 5.97 Å². The Balaban J connectivity index is 1.53. The molecule has 1 aliphatic heterocycles. The largest absolute Gasteiger partial charge is 0.479 e. The summed E-state index contributed by atoms with van der Waals surface area (Å²) in [5, 5.41) is 40.7. The number of hydrogen-bond donors (Lipinski definition) is 4. The summed E-state index contributed by atoms with van der Waals surface area (Å²) in [7, 11) is 0. The molecule has 0 aromatic heterocycles. The van der Waals surface area contributed by atoms with Crippen LogP contribution in [-0.2, 0) is 23.9 Å². The van der Waals surface area contributed by atoms with Crippen LogP contribution in [0, 0.1) is 34.5 Å². The quantitative estimate of drug-likeness (QED) is 0.446. The van der Waals surface area contributed by atoms with Crippen molar-refractivity contribution >= 4 is 17.5 Å². The van der Waals surface area contributed by atoms with E-state index in [0.717, 1.165) is 31.3 Å². The Kier molecular flexibility index (Phi) is 6.48. The van der Waals surface area contributed by atoms with Crippen LogP contribution in [0.4, 0.5) is 0 Å². The van der Waals surface area contributed by atoms with E-state index in [1.165, 1.54) is 0 Å². The highest BCUT2D eigenvalue weighted by atomic mass is 16.7. The van der Waals surface area contributed by atoms with Gasteiger partial charge in [0.05, 0.1) is 6.10 Å². The number of aliphatic carboxylic acids is 1. The third-order valence-corrected chi connectivity index (χ3v) is 10.5. The number of aliphatic hydroxyl groups is 3. The van der Waals surface area contributed by atoms with Gasteiger partial charge in [0.2, 0.25) is 0 Å². The topological polar surface area (TPSA) is 151 Å². The van der Waals surface area contributed by atoms with Crippen LogP contribution in [0.1, 0.15) is 65.7 Å². The third-order valence-electron chi connectivity index (χ3n) is 10.5. The van der Waals surface area contributed by atoms with Crippen molar-refractivity contribution < 1.29 is 44.3 Å². The highest BCUT2D eigenvalue weighted by molar-refractivity contribution is 5.91. The zero-order valence-corrected chi connectivity index (χ0v) is 21.1. The predicted molar refractivity (Wildman–Crippen MR) is 125 cm³/mol. The maximum atomic E-state index is 12.7. The van der Waals surface area contributed by atoms with Crippen LogP contribution in [0.5, 0.6) is 0 Å². The second-order valence-electron chi connectivity index (χ2n) is 12.2. The van der Waals surface area contributed by atoms with Gasteiger partial charge in [-0.3, -0.25) is 9.59 Å². The van der Waals surface area contributed by atoms with Gasteiger partial charge in [-0.15, -0.1) is 0 Å². The number of ether oxygens (including phenoxy) is 2. The summed E-state index contributed by atoms with van der Waals surface area (Å²) >= 11 is 0. The number of allylic oxidation sites excluding steroid dienone is 1. The summed E-state index contributed by atoms with van der Waals surface area (Å²) in [5.41, 5.74) is 0.493. The lowest BCUT2D eigenvalue weighted by Gasteiger charge is -2.61. The summed E-state index contributed by atoms with van der Waals surface area (Å²) in [6, 6.07) is 0. The van der Waals surface area contributed by atoms with Crippen molar-refractivity contribution in [3.8, 4) is 0 Å². The normalized spacial score (nSPS) is 50.5. The molecule has 0 radical (unpaired) electrons. The van der Waals surface area contributed by atoms with Gasteiger partial charge in [0.25, 0.3) is 0 Å². The Morgan fingerprint density at radius 3 is 2.44 bits per heavy atom. The van der Waals surface area contributed by atoms with Crippen molar-refractivity contribution in [2.45, 2.75) is 103 Å². The van der Waals surface area contributed by atoms with Gasteiger partial charge in [0.1, 0.15) is 24.1 Å². The van der Waals surface area contributed by atoms with Crippen LogP contribution in [0.25, 0.3) is 0 Å². The fraction of sp³-hybridized carbons (Fsp3) is 0.815. The molecule has 0 amide bonds. The predicted octanol–water partition coefficient (Wildman–Crippen LogP) is 1.61. The average molecular weight is 507 g/mol. The van der Waals surface area contributed by atoms with Crippen LogP contribution in [0.3, 0.4) is 0 Å². The highest BCUT2D eigenvalue weighted by Gasteiger charge is 2.64. The maximum Gasteiger partial charge on any atom is 0.335 e. The molecule has 0 aromatic carbocycles. The number of hydrogen-bond acceptors (Lipinski definition) is 8. The third kappa shape index (κ3) is 3.81. The molecule has 200 valence electrons. The molecule has 4 unspecified atom stereocenters. The molecule has 4 N–H and O–H groups in total. The molecule has 12 atom stereocenters. The van der Waals surface area contributed by atoms with E-state index in [-0.39, 0.29) is 40.2 Å². The number of aliphatic hydroxyl groups excluding tert-OH is 3. The fourth-order valence-corrected chi connectivity index (χ4v) is 8.78. The zero-order chi connectivity index (χ0) is 26.2. The molecule has 0 bridgehead atoms. The number of fused-ring (bicyclic) bond motifs is 5. The number of carboxylic acid groups (broad SMARTS) is 1. The molecule has 0 aromatic rings. The van der Waals surface area contributed by atoms with Gasteiger partial charge in [-0.1, -0.05) is 19.4 Å². The van der Waals surface area contributed by atoms with Crippen LogP contribution in [-0.4, -0.2) is 74.8 Å².